The van der Waals surface area contributed by atoms with Crippen molar-refractivity contribution in [3.05, 3.63) is 47.4 Å². The molecule has 1 N–H and O–H groups in total. The number of imide groups is 1. The molecule has 10 heteroatoms. The van der Waals surface area contributed by atoms with E-state index < -0.39 is 23.4 Å². The van der Waals surface area contributed by atoms with Crippen molar-refractivity contribution in [3.63, 3.8) is 0 Å². The molecule has 31 heavy (non-hydrogen) atoms. The van der Waals surface area contributed by atoms with Crippen LogP contribution >= 0.6 is 0 Å². The number of carbonyl (C=O) groups excluding carboxylic acids is 3. The molecule has 10 nitrogen and oxygen atoms in total. The number of hydrogen-bond acceptors (Lipinski definition) is 8. The van der Waals surface area contributed by atoms with Crippen LogP contribution in [0, 0.1) is 0 Å². The number of furan rings is 1. The van der Waals surface area contributed by atoms with Crippen LogP contribution in [-0.4, -0.2) is 48.9 Å². The van der Waals surface area contributed by atoms with Crippen LogP contribution < -0.4 is 14.8 Å². The van der Waals surface area contributed by atoms with Crippen molar-refractivity contribution in [2.75, 3.05) is 14.2 Å². The number of carbonyl (C=O) groups is 3. The van der Waals surface area contributed by atoms with Crippen LogP contribution in [0.1, 0.15) is 42.1 Å². The number of esters is 1. The Hall–Kier alpha value is -3.82. The lowest BCUT2D eigenvalue weighted by molar-refractivity contribution is -0.130. The summed E-state index contributed by atoms with van der Waals surface area (Å²) in [5.74, 6) is 0.387. The van der Waals surface area contributed by atoms with E-state index in [0.29, 0.717) is 29.2 Å². The van der Waals surface area contributed by atoms with E-state index in [-0.39, 0.29) is 12.4 Å². The zero-order valence-electron chi connectivity index (χ0n) is 17.6. The summed E-state index contributed by atoms with van der Waals surface area (Å²) in [5.41, 5.74) is -0.357. The zero-order valence-corrected chi connectivity index (χ0v) is 17.6. The summed E-state index contributed by atoms with van der Waals surface area (Å²) in [6, 6.07) is 7.55. The minimum atomic E-state index is -0.955. The summed E-state index contributed by atoms with van der Waals surface area (Å²) in [5, 5.41) is 7.47. The molecule has 1 unspecified atom stereocenters. The van der Waals surface area contributed by atoms with E-state index in [2.05, 4.69) is 15.2 Å². The zero-order chi connectivity index (χ0) is 22.6. The average Bonchev–Trinajstić information content (AvgIpc) is 3.33. The van der Waals surface area contributed by atoms with Crippen molar-refractivity contribution in [1.29, 1.82) is 0 Å². The van der Waals surface area contributed by atoms with Gasteiger partial charge >= 0.3 is 12.0 Å². The predicted molar refractivity (Wildman–Crippen MR) is 109 cm³/mol. The number of urea groups is 1. The third-order valence-electron chi connectivity index (χ3n) is 4.87. The van der Waals surface area contributed by atoms with E-state index in [1.165, 1.54) is 26.5 Å². The molecule has 1 aromatic heterocycles. The van der Waals surface area contributed by atoms with Gasteiger partial charge < -0.3 is 23.9 Å². The van der Waals surface area contributed by atoms with Gasteiger partial charge in [0, 0.05) is 0 Å². The first-order valence-electron chi connectivity index (χ1n) is 9.50. The quantitative estimate of drug-likeness (QED) is 0.389. The molecule has 164 valence electrons. The highest BCUT2D eigenvalue weighted by atomic mass is 16.5. The fourth-order valence-electron chi connectivity index (χ4n) is 2.84. The van der Waals surface area contributed by atoms with Crippen molar-refractivity contribution < 1.29 is 33.0 Å². The first-order chi connectivity index (χ1) is 14.8. The summed E-state index contributed by atoms with van der Waals surface area (Å²) in [6.07, 6.45) is 1.85. The Morgan fingerprint density at radius 2 is 2.00 bits per heavy atom. The van der Waals surface area contributed by atoms with Gasteiger partial charge in [0.1, 0.15) is 17.9 Å². The highest BCUT2D eigenvalue weighted by Gasteiger charge is 2.46. The maximum atomic E-state index is 12.4. The summed E-state index contributed by atoms with van der Waals surface area (Å²) < 4.78 is 21.0. The van der Waals surface area contributed by atoms with Crippen LogP contribution in [0.25, 0.3) is 0 Å². The third kappa shape index (κ3) is 4.52. The molecule has 3 amide bonds. The SMILES string of the molecule is CCC1(C)NC(=O)N(/N=C/c2ccc(OCc3ccc(C(=O)OC)o3)c(OC)c2)C1=O. The molecule has 0 bridgehead atoms. The van der Waals surface area contributed by atoms with E-state index >= 15 is 0 Å². The Morgan fingerprint density at radius 1 is 1.23 bits per heavy atom. The number of benzene rings is 1. The Morgan fingerprint density at radius 3 is 2.65 bits per heavy atom. The van der Waals surface area contributed by atoms with E-state index in [9.17, 15) is 14.4 Å². The Labute approximate surface area is 178 Å². The molecule has 1 atom stereocenters. The molecule has 1 aliphatic rings. The van der Waals surface area contributed by atoms with E-state index in [4.69, 9.17) is 13.9 Å². The van der Waals surface area contributed by atoms with Gasteiger partial charge in [0.05, 0.1) is 20.4 Å². The van der Waals surface area contributed by atoms with Gasteiger partial charge in [-0.2, -0.15) is 5.10 Å². The van der Waals surface area contributed by atoms with Gasteiger partial charge in [-0.25, -0.2) is 9.59 Å². The van der Waals surface area contributed by atoms with Crippen molar-refractivity contribution in [2.45, 2.75) is 32.4 Å². The van der Waals surface area contributed by atoms with E-state index in [1.807, 2.05) is 6.92 Å². The number of ether oxygens (including phenoxy) is 3. The van der Waals surface area contributed by atoms with Gasteiger partial charge in [0.25, 0.3) is 5.91 Å². The molecular formula is C21H23N3O7. The summed E-state index contributed by atoms with van der Waals surface area (Å²) in [7, 11) is 2.75. The fourth-order valence-corrected chi connectivity index (χ4v) is 2.84. The molecule has 0 aliphatic carbocycles. The number of amides is 3. The molecule has 0 saturated carbocycles. The Bertz CT molecular complexity index is 1030. The molecule has 2 aromatic rings. The second-order valence-electron chi connectivity index (χ2n) is 6.93. The lowest BCUT2D eigenvalue weighted by Crippen LogP contribution is -2.42. The number of nitrogens with zero attached hydrogens (tertiary/aromatic N) is 2. The third-order valence-corrected chi connectivity index (χ3v) is 4.87. The monoisotopic (exact) mass is 429 g/mol. The molecule has 1 aliphatic heterocycles. The number of hydrazone groups is 1. The van der Waals surface area contributed by atoms with Gasteiger partial charge in [-0.05, 0) is 49.2 Å². The first kappa shape index (κ1) is 21.9. The second-order valence-corrected chi connectivity index (χ2v) is 6.93. The van der Waals surface area contributed by atoms with Crippen molar-refractivity contribution in [1.82, 2.24) is 10.3 Å². The Kier molecular flexibility index (Phi) is 6.28. The van der Waals surface area contributed by atoms with Crippen molar-refractivity contribution in [3.8, 4) is 11.5 Å². The highest BCUT2D eigenvalue weighted by Crippen LogP contribution is 2.29. The molecule has 1 fully saturated rings. The maximum absolute atomic E-state index is 12.4. The molecule has 2 heterocycles. The largest absolute Gasteiger partial charge is 0.493 e. The van der Waals surface area contributed by atoms with E-state index in [0.717, 1.165) is 5.01 Å². The van der Waals surface area contributed by atoms with Gasteiger partial charge in [-0.1, -0.05) is 6.92 Å². The van der Waals surface area contributed by atoms with Gasteiger partial charge in [0.2, 0.25) is 5.76 Å². The Balaban J connectivity index is 1.69. The second kappa shape index (κ2) is 8.90. The van der Waals surface area contributed by atoms with Crippen LogP contribution in [-0.2, 0) is 16.1 Å². The highest BCUT2D eigenvalue weighted by molar-refractivity contribution is 6.07. The summed E-state index contributed by atoms with van der Waals surface area (Å²) in [6.45, 7) is 3.54. The van der Waals surface area contributed by atoms with Crippen LogP contribution in [0.5, 0.6) is 11.5 Å². The molecule has 3 rings (SSSR count). The number of rotatable bonds is 8. The van der Waals surface area contributed by atoms with Crippen LogP contribution in [0.3, 0.4) is 0 Å². The number of methoxy groups -OCH3 is 2. The van der Waals surface area contributed by atoms with Crippen LogP contribution in [0.15, 0.2) is 39.9 Å². The van der Waals surface area contributed by atoms with Gasteiger partial charge in [-0.3, -0.25) is 4.79 Å². The average molecular weight is 429 g/mol. The van der Waals surface area contributed by atoms with Crippen LogP contribution in [0.4, 0.5) is 4.79 Å². The molecule has 0 spiro atoms. The summed E-state index contributed by atoms with van der Waals surface area (Å²) in [4.78, 5) is 35.9. The fraction of sp³-hybridized carbons (Fsp3) is 0.333. The smallest absolute Gasteiger partial charge is 0.373 e. The normalized spacial score (nSPS) is 18.4. The number of hydrogen-bond donors (Lipinski definition) is 1. The topological polar surface area (TPSA) is 120 Å². The van der Waals surface area contributed by atoms with Crippen molar-refractivity contribution in [2.24, 2.45) is 5.10 Å². The minimum Gasteiger partial charge on any atom is -0.493 e. The molecule has 1 aromatic carbocycles. The molecular weight excluding hydrogens is 406 g/mol. The van der Waals surface area contributed by atoms with E-state index in [1.54, 1.807) is 31.2 Å². The summed E-state index contributed by atoms with van der Waals surface area (Å²) >= 11 is 0. The van der Waals surface area contributed by atoms with Crippen LogP contribution in [0.2, 0.25) is 0 Å². The maximum Gasteiger partial charge on any atom is 0.373 e. The minimum absolute atomic E-state index is 0.0683. The first-order valence-corrected chi connectivity index (χ1v) is 9.50. The van der Waals surface area contributed by atoms with Gasteiger partial charge in [0.15, 0.2) is 11.5 Å². The van der Waals surface area contributed by atoms with Crippen molar-refractivity contribution >= 4 is 24.1 Å². The molecule has 1 saturated heterocycles. The lowest BCUT2D eigenvalue weighted by atomic mass is 10.00. The molecule has 0 radical (unpaired) electrons. The van der Waals surface area contributed by atoms with Gasteiger partial charge in [-0.15, -0.1) is 5.01 Å². The predicted octanol–water partition coefficient (Wildman–Crippen LogP) is 2.71. The lowest BCUT2D eigenvalue weighted by Gasteiger charge is -2.17. The standard InChI is InChI=1S/C21H23N3O7/c1-5-21(2)19(26)24(20(27)23-21)22-11-13-6-8-15(17(10-13)28-3)30-12-14-7-9-16(31-14)18(25)29-4/h6-11H,5,12H2,1-4H3,(H,23,27)/b22-11+. The number of nitrogens with one attached hydrogen (secondary N) is 1.